The molecule has 6 rings (SSSR count). The molecular formula is C39H49N9O5. The van der Waals surface area contributed by atoms with Crippen molar-refractivity contribution < 1.29 is 23.9 Å². The monoisotopic (exact) mass is 723 g/mol. The molecule has 2 amide bonds. The van der Waals surface area contributed by atoms with Gasteiger partial charge in [0.15, 0.2) is 6.04 Å². The second-order valence-corrected chi connectivity index (χ2v) is 14.7. The molecule has 53 heavy (non-hydrogen) atoms. The van der Waals surface area contributed by atoms with Gasteiger partial charge >= 0.3 is 12.1 Å². The average Bonchev–Trinajstić information content (AvgIpc) is 3.93. The first-order chi connectivity index (χ1) is 25.4. The van der Waals surface area contributed by atoms with Crippen LogP contribution in [0.25, 0.3) is 33.4 Å². The minimum Gasteiger partial charge on any atom is -0.467 e. The van der Waals surface area contributed by atoms with Gasteiger partial charge < -0.3 is 24.3 Å². The lowest BCUT2D eigenvalue weighted by atomic mass is 10.0. The molecule has 4 heterocycles. The van der Waals surface area contributed by atoms with Crippen LogP contribution < -0.4 is 0 Å². The van der Waals surface area contributed by atoms with Crippen LogP contribution in [0.4, 0.5) is 4.79 Å². The second kappa shape index (κ2) is 16.0. The molecule has 1 N–H and O–H groups in total. The molecule has 0 unspecified atom stereocenters. The Morgan fingerprint density at radius 2 is 1.53 bits per heavy atom. The summed E-state index contributed by atoms with van der Waals surface area (Å²) in [6.07, 6.45) is 9.84. The first kappa shape index (κ1) is 37.2. The van der Waals surface area contributed by atoms with Crippen LogP contribution in [-0.4, -0.2) is 102 Å². The van der Waals surface area contributed by atoms with Crippen molar-refractivity contribution in [3.63, 3.8) is 0 Å². The Labute approximate surface area is 309 Å². The van der Waals surface area contributed by atoms with Gasteiger partial charge in [0.05, 0.1) is 25.5 Å². The Bertz CT molecular complexity index is 2050. The van der Waals surface area contributed by atoms with Crippen LogP contribution >= 0.6 is 0 Å². The van der Waals surface area contributed by atoms with Gasteiger partial charge in [0, 0.05) is 66.4 Å². The average molecular weight is 724 g/mol. The molecule has 0 spiro atoms. The van der Waals surface area contributed by atoms with Crippen LogP contribution in [0.15, 0.2) is 61.1 Å². The molecule has 3 aromatic heterocycles. The van der Waals surface area contributed by atoms with Gasteiger partial charge in [-0.15, -0.1) is 10.2 Å². The van der Waals surface area contributed by atoms with Crippen molar-refractivity contribution in [2.75, 3.05) is 33.3 Å². The topological polar surface area (TPSA) is 153 Å². The number of unbranched alkanes of at least 4 members (excludes halogenated alkanes) is 2. The van der Waals surface area contributed by atoms with Gasteiger partial charge in [-0.2, -0.15) is 0 Å². The zero-order valence-electron chi connectivity index (χ0n) is 31.4. The summed E-state index contributed by atoms with van der Waals surface area (Å²) in [7, 11) is 1.36. The molecule has 14 nitrogen and oxygen atoms in total. The van der Waals surface area contributed by atoms with Crippen LogP contribution in [0.1, 0.15) is 88.3 Å². The molecule has 280 valence electrons. The van der Waals surface area contributed by atoms with Gasteiger partial charge in [-0.1, -0.05) is 54.8 Å². The van der Waals surface area contributed by atoms with E-state index in [9.17, 15) is 14.4 Å². The maximum atomic E-state index is 14.1. The SMILES string of the molecule is CCCCC[C@@H](C)n1cc(-c2cc(C(=O)N3CCN(C(=O)OC(C)(C)C)CC3)cc(-c3cn([C@@H](Cc4c[nH]c5ccccc45)C(=O)OC)nn3)c2)nn1. The lowest BCUT2D eigenvalue weighted by Crippen LogP contribution is -2.51. The maximum absolute atomic E-state index is 14.1. The van der Waals surface area contributed by atoms with Gasteiger partial charge in [0.1, 0.15) is 17.0 Å². The predicted octanol–water partition coefficient (Wildman–Crippen LogP) is 6.48. The fraction of sp³-hybridized carbons (Fsp3) is 0.462. The van der Waals surface area contributed by atoms with Crippen molar-refractivity contribution in [1.29, 1.82) is 0 Å². The molecule has 1 saturated heterocycles. The minimum atomic E-state index is -0.778. The summed E-state index contributed by atoms with van der Waals surface area (Å²) in [6.45, 7) is 11.2. The lowest BCUT2D eigenvalue weighted by molar-refractivity contribution is -0.144. The number of nitrogens with zero attached hydrogens (tertiary/aromatic N) is 8. The van der Waals surface area contributed by atoms with E-state index >= 15 is 0 Å². The molecule has 2 atom stereocenters. The molecule has 14 heteroatoms. The van der Waals surface area contributed by atoms with Crippen molar-refractivity contribution in [2.24, 2.45) is 0 Å². The van der Waals surface area contributed by atoms with E-state index < -0.39 is 17.6 Å². The summed E-state index contributed by atoms with van der Waals surface area (Å²) in [5.74, 6) is -0.636. The Hall–Kier alpha value is -5.53. The molecule has 2 aromatic carbocycles. The molecule has 1 aliphatic heterocycles. The van der Waals surface area contributed by atoms with Crippen molar-refractivity contribution in [3.8, 4) is 22.5 Å². The smallest absolute Gasteiger partial charge is 0.410 e. The Kier molecular flexibility index (Phi) is 11.2. The number of hydrogen-bond acceptors (Lipinski definition) is 9. The number of esters is 1. The zero-order chi connectivity index (χ0) is 37.7. The highest BCUT2D eigenvalue weighted by Gasteiger charge is 2.30. The quantitative estimate of drug-likeness (QED) is 0.113. The van der Waals surface area contributed by atoms with Gasteiger partial charge in [-0.25, -0.2) is 19.0 Å². The largest absolute Gasteiger partial charge is 0.467 e. The maximum Gasteiger partial charge on any atom is 0.410 e. The fourth-order valence-corrected chi connectivity index (χ4v) is 6.59. The summed E-state index contributed by atoms with van der Waals surface area (Å²) in [5, 5.41) is 18.8. The number of methoxy groups -OCH3 is 1. The van der Waals surface area contributed by atoms with E-state index in [1.54, 1.807) is 22.1 Å². The lowest BCUT2D eigenvalue weighted by Gasteiger charge is -2.35. The Balaban J connectivity index is 1.30. The Morgan fingerprint density at radius 1 is 0.887 bits per heavy atom. The zero-order valence-corrected chi connectivity index (χ0v) is 31.4. The number of rotatable bonds is 12. The molecule has 1 fully saturated rings. The van der Waals surface area contributed by atoms with Crippen LogP contribution in [0.3, 0.4) is 0 Å². The summed E-state index contributed by atoms with van der Waals surface area (Å²) in [4.78, 5) is 46.5. The van der Waals surface area contributed by atoms with E-state index in [0.717, 1.165) is 42.1 Å². The van der Waals surface area contributed by atoms with Crippen LogP contribution in [0, 0.1) is 0 Å². The molecule has 0 radical (unpaired) electrons. The van der Waals surface area contributed by atoms with Crippen LogP contribution in [-0.2, 0) is 20.7 Å². The van der Waals surface area contributed by atoms with Gasteiger partial charge in [-0.3, -0.25) is 4.79 Å². The highest BCUT2D eigenvalue weighted by Crippen LogP contribution is 2.30. The van der Waals surface area contributed by atoms with Crippen molar-refractivity contribution in [1.82, 2.24) is 44.8 Å². The highest BCUT2D eigenvalue weighted by molar-refractivity contribution is 5.97. The van der Waals surface area contributed by atoms with Crippen molar-refractivity contribution in [3.05, 3.63) is 72.2 Å². The summed E-state index contributed by atoms with van der Waals surface area (Å²) in [6, 6.07) is 12.8. The predicted molar refractivity (Wildman–Crippen MR) is 200 cm³/mol. The molecule has 5 aromatic rings. The van der Waals surface area contributed by atoms with E-state index in [2.05, 4.69) is 39.5 Å². The third-order valence-electron chi connectivity index (χ3n) is 9.57. The Morgan fingerprint density at radius 3 is 2.19 bits per heavy atom. The number of carbonyl (C=O) groups is 3. The number of hydrogen-bond donors (Lipinski definition) is 1. The van der Waals surface area contributed by atoms with E-state index in [1.165, 1.54) is 11.8 Å². The highest BCUT2D eigenvalue weighted by atomic mass is 16.6. The van der Waals surface area contributed by atoms with Crippen LogP contribution in [0.2, 0.25) is 0 Å². The van der Waals surface area contributed by atoms with Crippen LogP contribution in [0.5, 0.6) is 0 Å². The van der Waals surface area contributed by atoms with Gasteiger partial charge in [0.25, 0.3) is 5.91 Å². The summed E-state index contributed by atoms with van der Waals surface area (Å²) >= 11 is 0. The number of ether oxygens (including phenoxy) is 2. The van der Waals surface area contributed by atoms with E-state index in [0.29, 0.717) is 60.7 Å². The van der Waals surface area contributed by atoms with E-state index in [-0.39, 0.29) is 18.0 Å². The molecule has 0 aliphatic carbocycles. The number of piperazine rings is 1. The van der Waals surface area contributed by atoms with E-state index in [4.69, 9.17) is 9.47 Å². The third-order valence-corrected chi connectivity index (χ3v) is 9.57. The molecular weight excluding hydrogens is 674 g/mol. The normalized spacial score (nSPS) is 14.7. The number of benzene rings is 2. The molecule has 0 bridgehead atoms. The number of H-pyrrole nitrogens is 1. The first-order valence-corrected chi connectivity index (χ1v) is 18.3. The standard InChI is InChI=1S/C39H49N9O5/c1-7-8-9-12-26(2)47-24-33(41-43-47)27-19-28(21-29(20-27)36(49)45-15-17-46(18-16-45)38(51)53-39(3,4)5)34-25-48(44-42-34)35(37(50)52-6)22-30-23-40-32-14-11-10-13-31(30)32/h10-11,13-14,19-21,23-26,35,40H,7-9,12,15-18,22H2,1-6H3/t26-,35+/m1/s1. The molecule has 1 aliphatic rings. The number of nitrogens with one attached hydrogen (secondary N) is 1. The van der Waals surface area contributed by atoms with Gasteiger partial charge in [0.2, 0.25) is 0 Å². The number of carbonyl (C=O) groups excluding carboxylic acids is 3. The second-order valence-electron chi connectivity index (χ2n) is 14.7. The molecule has 0 saturated carbocycles. The number of aromatic nitrogens is 7. The fourth-order valence-electron chi connectivity index (χ4n) is 6.59. The summed E-state index contributed by atoms with van der Waals surface area (Å²) in [5.41, 5.74) is 4.17. The number of para-hydroxylation sites is 1. The van der Waals surface area contributed by atoms with Crippen molar-refractivity contribution in [2.45, 2.75) is 84.4 Å². The summed E-state index contributed by atoms with van der Waals surface area (Å²) < 4.78 is 14.1. The number of fused-ring (bicyclic) bond motifs is 1. The number of aromatic amines is 1. The third kappa shape index (κ3) is 8.75. The van der Waals surface area contributed by atoms with Gasteiger partial charge in [-0.05, 0) is 63.9 Å². The van der Waals surface area contributed by atoms with E-state index in [1.807, 2.05) is 74.2 Å². The minimum absolute atomic E-state index is 0.167. The van der Waals surface area contributed by atoms with Crippen molar-refractivity contribution >= 4 is 28.9 Å². The first-order valence-electron chi connectivity index (χ1n) is 18.3. The number of amides is 2.